The van der Waals surface area contributed by atoms with Gasteiger partial charge in [0, 0.05) is 19.5 Å². The summed E-state index contributed by atoms with van der Waals surface area (Å²) in [5, 5.41) is 13.2. The van der Waals surface area contributed by atoms with Crippen LogP contribution in [0, 0.1) is 18.3 Å². The van der Waals surface area contributed by atoms with Gasteiger partial charge in [0.1, 0.15) is 18.2 Å². The molecule has 0 spiro atoms. The SMILES string of the molecule is COc1cc(/C=C(\C#N)C(=O)Nc2c(Br)cc(C)cc2Br)cc(Cl)c1OCc1ccccc1Cl. The zero-order valence-electron chi connectivity index (χ0n) is 18.1. The molecule has 0 aliphatic rings. The van der Waals surface area contributed by atoms with E-state index in [9.17, 15) is 10.1 Å². The average Bonchev–Trinajstić information content (AvgIpc) is 2.79. The molecule has 0 atom stereocenters. The summed E-state index contributed by atoms with van der Waals surface area (Å²) < 4.78 is 12.7. The van der Waals surface area contributed by atoms with Crippen molar-refractivity contribution in [2.75, 3.05) is 12.4 Å². The molecule has 0 heterocycles. The van der Waals surface area contributed by atoms with Gasteiger partial charge in [-0.2, -0.15) is 5.26 Å². The van der Waals surface area contributed by atoms with Gasteiger partial charge in [-0.05, 0) is 86.3 Å². The predicted molar refractivity (Wildman–Crippen MR) is 143 cm³/mol. The van der Waals surface area contributed by atoms with E-state index in [1.165, 1.54) is 13.2 Å². The van der Waals surface area contributed by atoms with Gasteiger partial charge < -0.3 is 14.8 Å². The number of carbonyl (C=O) groups excluding carboxylic acids is 1. The third-order valence-corrected chi connectivity index (χ3v) is 6.58. The van der Waals surface area contributed by atoms with Crippen molar-refractivity contribution >= 4 is 72.7 Å². The van der Waals surface area contributed by atoms with Crippen LogP contribution in [-0.4, -0.2) is 13.0 Å². The number of nitrogens with zero attached hydrogens (tertiary/aromatic N) is 1. The molecule has 174 valence electrons. The van der Waals surface area contributed by atoms with Crippen LogP contribution in [0.2, 0.25) is 10.0 Å². The normalized spacial score (nSPS) is 11.0. The number of nitriles is 1. The number of benzene rings is 3. The van der Waals surface area contributed by atoms with E-state index in [1.54, 1.807) is 18.2 Å². The Morgan fingerprint density at radius 1 is 1.12 bits per heavy atom. The molecule has 0 aliphatic heterocycles. The maximum absolute atomic E-state index is 12.8. The molecule has 0 fully saturated rings. The van der Waals surface area contributed by atoms with Crippen molar-refractivity contribution in [2.45, 2.75) is 13.5 Å². The first kappa shape index (κ1) is 26.1. The summed E-state index contributed by atoms with van der Waals surface area (Å²) in [4.78, 5) is 12.8. The van der Waals surface area contributed by atoms with E-state index in [0.29, 0.717) is 36.7 Å². The minimum absolute atomic E-state index is 0.109. The molecule has 1 N–H and O–H groups in total. The molecule has 0 saturated carbocycles. The fourth-order valence-corrected chi connectivity index (χ4v) is 5.12. The Labute approximate surface area is 224 Å². The minimum Gasteiger partial charge on any atom is -0.493 e. The molecule has 34 heavy (non-hydrogen) atoms. The second-order valence-corrected chi connectivity index (χ2v) is 9.66. The van der Waals surface area contributed by atoms with Crippen LogP contribution in [0.15, 0.2) is 63.0 Å². The Bertz CT molecular complexity index is 1300. The molecule has 3 aromatic carbocycles. The number of hydrogen-bond acceptors (Lipinski definition) is 4. The van der Waals surface area contributed by atoms with E-state index < -0.39 is 5.91 Å². The lowest BCUT2D eigenvalue weighted by atomic mass is 10.1. The lowest BCUT2D eigenvalue weighted by Crippen LogP contribution is -2.14. The van der Waals surface area contributed by atoms with Crippen molar-refractivity contribution in [2.24, 2.45) is 0 Å². The number of halogens is 4. The first-order valence-corrected chi connectivity index (χ1v) is 12.2. The average molecular weight is 625 g/mol. The molecule has 0 aliphatic carbocycles. The van der Waals surface area contributed by atoms with E-state index in [4.69, 9.17) is 32.7 Å². The molecular weight excluding hydrogens is 607 g/mol. The number of anilines is 1. The van der Waals surface area contributed by atoms with Gasteiger partial charge in [0.25, 0.3) is 5.91 Å². The minimum atomic E-state index is -0.568. The van der Waals surface area contributed by atoms with Gasteiger partial charge in [0.15, 0.2) is 11.5 Å². The maximum atomic E-state index is 12.8. The second-order valence-electron chi connectivity index (χ2n) is 7.14. The van der Waals surface area contributed by atoms with E-state index in [-0.39, 0.29) is 17.2 Å². The van der Waals surface area contributed by atoms with Crippen LogP contribution in [0.4, 0.5) is 5.69 Å². The third-order valence-electron chi connectivity index (χ3n) is 4.68. The number of amides is 1. The summed E-state index contributed by atoms with van der Waals surface area (Å²) >= 11 is 19.5. The van der Waals surface area contributed by atoms with Crippen LogP contribution in [-0.2, 0) is 11.4 Å². The van der Waals surface area contributed by atoms with Crippen molar-refractivity contribution in [1.29, 1.82) is 5.26 Å². The zero-order valence-corrected chi connectivity index (χ0v) is 22.8. The fraction of sp³-hybridized carbons (Fsp3) is 0.120. The van der Waals surface area contributed by atoms with Gasteiger partial charge in [0.05, 0.1) is 17.8 Å². The molecule has 0 aromatic heterocycles. The Morgan fingerprint density at radius 3 is 2.41 bits per heavy atom. The van der Waals surface area contributed by atoms with Crippen molar-refractivity contribution < 1.29 is 14.3 Å². The summed E-state index contributed by atoms with van der Waals surface area (Å²) in [7, 11) is 1.48. The Kier molecular flexibility index (Phi) is 9.03. The molecule has 3 aromatic rings. The number of ether oxygens (including phenoxy) is 2. The molecule has 0 bridgehead atoms. The molecule has 0 saturated heterocycles. The first-order valence-electron chi connectivity index (χ1n) is 9.86. The number of carbonyl (C=O) groups is 1. The Morgan fingerprint density at radius 2 is 1.79 bits per heavy atom. The predicted octanol–water partition coefficient (Wildman–Crippen LogP) is 7.96. The van der Waals surface area contributed by atoms with Crippen LogP contribution in [0.5, 0.6) is 11.5 Å². The zero-order chi connectivity index (χ0) is 24.8. The number of hydrogen-bond donors (Lipinski definition) is 1. The van der Waals surface area contributed by atoms with Crippen LogP contribution in [0.1, 0.15) is 16.7 Å². The fourth-order valence-electron chi connectivity index (χ4n) is 3.04. The van der Waals surface area contributed by atoms with E-state index in [1.807, 2.05) is 43.3 Å². The largest absolute Gasteiger partial charge is 0.493 e. The van der Waals surface area contributed by atoms with Crippen LogP contribution < -0.4 is 14.8 Å². The topological polar surface area (TPSA) is 71.3 Å². The summed E-state index contributed by atoms with van der Waals surface area (Å²) in [6, 6.07) is 16.2. The van der Waals surface area contributed by atoms with Crippen LogP contribution >= 0.6 is 55.1 Å². The highest BCUT2D eigenvalue weighted by Gasteiger charge is 2.17. The van der Waals surface area contributed by atoms with Gasteiger partial charge in [-0.25, -0.2) is 0 Å². The van der Waals surface area contributed by atoms with Gasteiger partial charge in [0.2, 0.25) is 0 Å². The highest BCUT2D eigenvalue weighted by molar-refractivity contribution is 9.11. The first-order chi connectivity index (χ1) is 16.2. The van der Waals surface area contributed by atoms with Gasteiger partial charge in [-0.1, -0.05) is 41.4 Å². The smallest absolute Gasteiger partial charge is 0.266 e. The number of aryl methyl sites for hydroxylation is 1. The van der Waals surface area contributed by atoms with Gasteiger partial charge in [-0.15, -0.1) is 0 Å². The highest BCUT2D eigenvalue weighted by atomic mass is 79.9. The summed E-state index contributed by atoms with van der Waals surface area (Å²) in [5.41, 5.74) is 2.72. The summed E-state index contributed by atoms with van der Waals surface area (Å²) in [6.45, 7) is 2.12. The van der Waals surface area contributed by atoms with Crippen LogP contribution in [0.3, 0.4) is 0 Å². The summed E-state index contributed by atoms with van der Waals surface area (Å²) in [5.74, 6) is 0.117. The Hall–Kier alpha value is -2.50. The van der Waals surface area contributed by atoms with Crippen LogP contribution in [0.25, 0.3) is 6.08 Å². The van der Waals surface area contributed by atoms with Crippen molar-refractivity contribution in [3.8, 4) is 17.6 Å². The quantitative estimate of drug-likeness (QED) is 0.214. The molecule has 5 nitrogen and oxygen atoms in total. The second kappa shape index (κ2) is 11.8. The highest BCUT2D eigenvalue weighted by Crippen LogP contribution is 2.38. The van der Waals surface area contributed by atoms with E-state index in [2.05, 4.69) is 37.2 Å². The van der Waals surface area contributed by atoms with E-state index >= 15 is 0 Å². The lowest BCUT2D eigenvalue weighted by molar-refractivity contribution is -0.112. The van der Waals surface area contributed by atoms with E-state index in [0.717, 1.165) is 11.1 Å². The van der Waals surface area contributed by atoms with Crippen molar-refractivity contribution in [1.82, 2.24) is 0 Å². The number of methoxy groups -OCH3 is 1. The lowest BCUT2D eigenvalue weighted by Gasteiger charge is -2.14. The molecular formula is C25H18Br2Cl2N2O3. The van der Waals surface area contributed by atoms with Crippen molar-refractivity contribution in [3.63, 3.8) is 0 Å². The molecule has 0 radical (unpaired) electrons. The van der Waals surface area contributed by atoms with Gasteiger partial charge >= 0.3 is 0 Å². The molecule has 9 heteroatoms. The number of rotatable bonds is 7. The standard InChI is InChI=1S/C25H18Br2Cl2N2O3/c1-14-7-18(26)23(19(27)8-14)31-25(32)17(12-30)9-15-10-21(29)24(22(11-15)33-2)34-13-16-5-3-4-6-20(16)28/h3-11H,13H2,1-2H3,(H,31,32)/b17-9+. The molecule has 0 unspecified atom stereocenters. The van der Waals surface area contributed by atoms with Gasteiger partial charge in [-0.3, -0.25) is 4.79 Å². The van der Waals surface area contributed by atoms with Crippen molar-refractivity contribution in [3.05, 3.63) is 89.8 Å². The monoisotopic (exact) mass is 622 g/mol. The summed E-state index contributed by atoms with van der Waals surface area (Å²) in [6.07, 6.45) is 1.43. The maximum Gasteiger partial charge on any atom is 0.266 e. The Balaban J connectivity index is 1.86. The molecule has 3 rings (SSSR count). The molecule has 1 amide bonds. The number of nitrogens with one attached hydrogen (secondary N) is 1. The third kappa shape index (κ3) is 6.34.